The molecule has 0 aliphatic heterocycles. The van der Waals surface area contributed by atoms with Gasteiger partial charge in [-0.15, -0.1) is 0 Å². The van der Waals surface area contributed by atoms with Crippen LogP contribution in [-0.4, -0.2) is 23.8 Å². The van der Waals surface area contributed by atoms with Gasteiger partial charge >= 0.3 is 5.97 Å². The predicted molar refractivity (Wildman–Crippen MR) is 67.5 cm³/mol. The quantitative estimate of drug-likeness (QED) is 0.605. The van der Waals surface area contributed by atoms with Gasteiger partial charge in [0.25, 0.3) is 0 Å². The van der Waals surface area contributed by atoms with E-state index in [2.05, 4.69) is 6.58 Å². The molecule has 1 aliphatic carbocycles. The van der Waals surface area contributed by atoms with Crippen LogP contribution in [0.3, 0.4) is 0 Å². The number of hydrogen-bond donors (Lipinski definition) is 1. The fourth-order valence-electron chi connectivity index (χ4n) is 2.20. The van der Waals surface area contributed by atoms with Crippen LogP contribution in [0.1, 0.15) is 40.0 Å². The average Bonchev–Trinajstić information content (AvgIpc) is 2.24. The monoisotopic (exact) mass is 238 g/mol. The number of allylic oxidation sites excluding steroid dienone is 1. The Bertz CT molecular complexity index is 341. The van der Waals surface area contributed by atoms with Gasteiger partial charge in [-0.25, -0.2) is 0 Å². The number of carbonyl (C=O) groups is 1. The Morgan fingerprint density at radius 2 is 2.24 bits per heavy atom. The second kappa shape index (κ2) is 6.01. The zero-order valence-corrected chi connectivity index (χ0v) is 11.0. The summed E-state index contributed by atoms with van der Waals surface area (Å²) in [7, 11) is 0. The van der Waals surface area contributed by atoms with Crippen LogP contribution in [0.5, 0.6) is 0 Å². The van der Waals surface area contributed by atoms with E-state index in [1.54, 1.807) is 6.92 Å². The molecule has 0 spiro atoms. The second-order valence-electron chi connectivity index (χ2n) is 4.77. The van der Waals surface area contributed by atoms with Crippen LogP contribution in [0.15, 0.2) is 23.3 Å². The van der Waals surface area contributed by atoms with Gasteiger partial charge in [0.2, 0.25) is 0 Å². The number of carbonyl (C=O) groups excluding carboxylic acids is 1. The van der Waals surface area contributed by atoms with Crippen LogP contribution >= 0.6 is 0 Å². The van der Waals surface area contributed by atoms with Crippen molar-refractivity contribution in [3.8, 4) is 0 Å². The summed E-state index contributed by atoms with van der Waals surface area (Å²) >= 11 is 0. The Morgan fingerprint density at radius 1 is 1.59 bits per heavy atom. The molecule has 0 bridgehead atoms. The van der Waals surface area contributed by atoms with Gasteiger partial charge in [0.15, 0.2) is 0 Å². The molecule has 0 amide bonds. The van der Waals surface area contributed by atoms with Gasteiger partial charge in [-0.3, -0.25) is 4.79 Å². The summed E-state index contributed by atoms with van der Waals surface area (Å²) in [5, 5.41) is 9.96. The van der Waals surface area contributed by atoms with Gasteiger partial charge in [0.05, 0.1) is 19.1 Å². The van der Waals surface area contributed by atoms with Crippen molar-refractivity contribution in [1.82, 2.24) is 0 Å². The van der Waals surface area contributed by atoms with Gasteiger partial charge in [-0.2, -0.15) is 0 Å². The number of ether oxygens (including phenoxy) is 1. The minimum Gasteiger partial charge on any atom is -0.466 e. The molecule has 17 heavy (non-hydrogen) atoms. The molecule has 0 aromatic heterocycles. The molecule has 1 rings (SSSR count). The Morgan fingerprint density at radius 3 is 2.76 bits per heavy atom. The maximum absolute atomic E-state index is 11.5. The van der Waals surface area contributed by atoms with Crippen LogP contribution < -0.4 is 0 Å². The van der Waals surface area contributed by atoms with E-state index in [0.29, 0.717) is 19.4 Å². The van der Waals surface area contributed by atoms with E-state index in [1.165, 1.54) is 0 Å². The third-order valence-electron chi connectivity index (χ3n) is 3.42. The molecule has 96 valence electrons. The molecule has 0 radical (unpaired) electrons. The third kappa shape index (κ3) is 3.70. The molecule has 0 aromatic rings. The molecule has 0 saturated heterocycles. The highest BCUT2D eigenvalue weighted by atomic mass is 16.5. The number of rotatable bonds is 4. The Hall–Kier alpha value is -1.09. The van der Waals surface area contributed by atoms with Crippen LogP contribution in [0.25, 0.3) is 0 Å². The highest BCUT2D eigenvalue weighted by molar-refractivity contribution is 5.72. The van der Waals surface area contributed by atoms with Gasteiger partial charge in [-0.1, -0.05) is 17.7 Å². The summed E-state index contributed by atoms with van der Waals surface area (Å²) in [6.45, 7) is 10.0. The molecule has 1 aliphatic rings. The van der Waals surface area contributed by atoms with E-state index in [4.69, 9.17) is 4.74 Å². The molecular formula is C14H22O3. The molecule has 3 nitrogen and oxygen atoms in total. The fourth-order valence-corrected chi connectivity index (χ4v) is 2.20. The van der Waals surface area contributed by atoms with Crippen molar-refractivity contribution in [2.75, 3.05) is 6.61 Å². The molecular weight excluding hydrogens is 216 g/mol. The van der Waals surface area contributed by atoms with E-state index in [0.717, 1.165) is 23.1 Å². The summed E-state index contributed by atoms with van der Waals surface area (Å²) in [5.74, 6) is 0.0644. The van der Waals surface area contributed by atoms with Crippen molar-refractivity contribution in [1.29, 1.82) is 0 Å². The first-order valence-electron chi connectivity index (χ1n) is 6.13. The summed E-state index contributed by atoms with van der Waals surface area (Å²) < 4.78 is 4.95. The SMILES string of the molecule is C=C(C)[C@@H]1CC(CC(=O)OCC)=C(C)[C@@H](O)C1. The molecule has 0 heterocycles. The molecule has 2 atom stereocenters. The summed E-state index contributed by atoms with van der Waals surface area (Å²) in [6, 6.07) is 0. The van der Waals surface area contributed by atoms with Crippen LogP contribution in [-0.2, 0) is 9.53 Å². The van der Waals surface area contributed by atoms with Crippen LogP contribution in [0.4, 0.5) is 0 Å². The zero-order chi connectivity index (χ0) is 13.0. The largest absolute Gasteiger partial charge is 0.466 e. The molecule has 0 unspecified atom stereocenters. The maximum Gasteiger partial charge on any atom is 0.309 e. The first-order valence-corrected chi connectivity index (χ1v) is 6.13. The fraction of sp³-hybridized carbons (Fsp3) is 0.643. The average molecular weight is 238 g/mol. The maximum atomic E-state index is 11.5. The number of aliphatic hydroxyl groups excluding tert-OH is 1. The predicted octanol–water partition coefficient (Wildman–Crippen LogP) is 2.60. The minimum absolute atomic E-state index is 0.212. The van der Waals surface area contributed by atoms with Crippen molar-refractivity contribution in [3.05, 3.63) is 23.3 Å². The lowest BCUT2D eigenvalue weighted by atomic mass is 9.78. The Labute approximate surface area is 103 Å². The molecule has 0 saturated carbocycles. The van der Waals surface area contributed by atoms with Crippen molar-refractivity contribution >= 4 is 5.97 Å². The zero-order valence-electron chi connectivity index (χ0n) is 11.0. The third-order valence-corrected chi connectivity index (χ3v) is 3.42. The van der Waals surface area contributed by atoms with Crippen molar-refractivity contribution in [3.63, 3.8) is 0 Å². The van der Waals surface area contributed by atoms with Crippen molar-refractivity contribution in [2.24, 2.45) is 5.92 Å². The molecule has 0 fully saturated rings. The summed E-state index contributed by atoms with van der Waals surface area (Å²) in [5.41, 5.74) is 3.00. The smallest absolute Gasteiger partial charge is 0.309 e. The first kappa shape index (κ1) is 14.0. The van der Waals surface area contributed by atoms with E-state index >= 15 is 0 Å². The lowest BCUT2D eigenvalue weighted by Gasteiger charge is -2.30. The van der Waals surface area contributed by atoms with Crippen LogP contribution in [0.2, 0.25) is 0 Å². The molecule has 0 aromatic carbocycles. The number of aliphatic hydroxyl groups is 1. The standard InChI is InChI=1S/C14H22O3/c1-5-17-14(16)8-12-6-11(9(2)3)7-13(15)10(12)4/h11,13,15H,2,5-8H2,1,3-4H3/t11-,13+/m1/s1. The lowest BCUT2D eigenvalue weighted by molar-refractivity contribution is -0.142. The first-order chi connectivity index (χ1) is 7.95. The number of hydrogen-bond acceptors (Lipinski definition) is 3. The van der Waals surface area contributed by atoms with E-state index in [-0.39, 0.29) is 11.9 Å². The van der Waals surface area contributed by atoms with Gasteiger partial charge < -0.3 is 9.84 Å². The molecule has 3 heteroatoms. The summed E-state index contributed by atoms with van der Waals surface area (Å²) in [6.07, 6.45) is 1.38. The Balaban J connectivity index is 2.76. The normalized spacial score (nSPS) is 24.7. The highest BCUT2D eigenvalue weighted by Gasteiger charge is 2.27. The Kier molecular flexibility index (Phi) is 4.94. The van der Waals surface area contributed by atoms with Crippen LogP contribution in [0, 0.1) is 5.92 Å². The lowest BCUT2D eigenvalue weighted by Crippen LogP contribution is -2.24. The molecule has 1 N–H and O–H groups in total. The van der Waals surface area contributed by atoms with Crippen molar-refractivity contribution in [2.45, 2.75) is 46.1 Å². The van der Waals surface area contributed by atoms with Gasteiger partial charge in [0.1, 0.15) is 0 Å². The second-order valence-corrected chi connectivity index (χ2v) is 4.77. The summed E-state index contributed by atoms with van der Waals surface area (Å²) in [4.78, 5) is 11.5. The van der Waals surface area contributed by atoms with Crippen molar-refractivity contribution < 1.29 is 14.6 Å². The van der Waals surface area contributed by atoms with Gasteiger partial charge in [0, 0.05) is 0 Å². The highest BCUT2D eigenvalue weighted by Crippen LogP contribution is 2.34. The van der Waals surface area contributed by atoms with E-state index in [9.17, 15) is 9.90 Å². The topological polar surface area (TPSA) is 46.5 Å². The van der Waals surface area contributed by atoms with Gasteiger partial charge in [-0.05, 0) is 45.1 Å². The minimum atomic E-state index is -0.449. The van der Waals surface area contributed by atoms with E-state index < -0.39 is 6.10 Å². The van der Waals surface area contributed by atoms with E-state index in [1.807, 2.05) is 13.8 Å². The number of esters is 1.